The summed E-state index contributed by atoms with van der Waals surface area (Å²) in [4.78, 5) is 2.72. The molecule has 94 valence electrons. The van der Waals surface area contributed by atoms with Crippen LogP contribution < -0.4 is 5.73 Å². The van der Waals surface area contributed by atoms with Gasteiger partial charge in [0.25, 0.3) is 0 Å². The summed E-state index contributed by atoms with van der Waals surface area (Å²) < 4.78 is 0. The molecule has 0 aromatic rings. The number of hydrogen-bond donors (Lipinski definition) is 1. The van der Waals surface area contributed by atoms with Crippen molar-refractivity contribution in [1.82, 2.24) is 4.90 Å². The van der Waals surface area contributed by atoms with Crippen LogP contribution in [0, 0.1) is 11.8 Å². The van der Waals surface area contributed by atoms with Crippen LogP contribution in [-0.2, 0) is 0 Å². The van der Waals surface area contributed by atoms with E-state index in [1.165, 1.54) is 43.9 Å². The minimum Gasteiger partial charge on any atom is -0.329 e. The van der Waals surface area contributed by atoms with Crippen LogP contribution in [0.3, 0.4) is 0 Å². The van der Waals surface area contributed by atoms with Crippen LogP contribution in [0.25, 0.3) is 0 Å². The minimum atomic E-state index is 0.347. The van der Waals surface area contributed by atoms with Gasteiger partial charge in [0.1, 0.15) is 0 Å². The zero-order valence-electron chi connectivity index (χ0n) is 10.7. The lowest BCUT2D eigenvalue weighted by molar-refractivity contribution is 0.0251. The fourth-order valence-electron chi connectivity index (χ4n) is 3.09. The smallest absolute Gasteiger partial charge is 0.0347 e. The number of likely N-dealkylation sites (tertiary alicyclic amines) is 1. The van der Waals surface area contributed by atoms with Crippen LogP contribution in [0.2, 0.25) is 0 Å². The standard InChI is InChI=1S/C13H26N2S/c1-11-3-6-15(9-12(11)2)13(10-14)4-7-16-8-5-13/h11-12H,3-10,14H2,1-2H3. The molecule has 2 heterocycles. The molecule has 2 aliphatic heterocycles. The Bertz CT molecular complexity index is 226. The van der Waals surface area contributed by atoms with Gasteiger partial charge in [-0.05, 0) is 49.1 Å². The Hall–Kier alpha value is 0.270. The van der Waals surface area contributed by atoms with Crippen molar-refractivity contribution in [3.63, 3.8) is 0 Å². The predicted octanol–water partition coefficient (Wildman–Crippen LogP) is 2.19. The number of thioether (sulfide) groups is 1. The normalized spacial score (nSPS) is 36.2. The van der Waals surface area contributed by atoms with Gasteiger partial charge in [-0.3, -0.25) is 4.90 Å². The summed E-state index contributed by atoms with van der Waals surface area (Å²) in [5.41, 5.74) is 6.45. The molecule has 0 saturated carbocycles. The maximum Gasteiger partial charge on any atom is 0.0347 e. The predicted molar refractivity (Wildman–Crippen MR) is 72.9 cm³/mol. The molecule has 2 unspecified atom stereocenters. The van der Waals surface area contributed by atoms with E-state index in [1.54, 1.807) is 0 Å². The minimum absolute atomic E-state index is 0.347. The van der Waals surface area contributed by atoms with Crippen LogP contribution >= 0.6 is 11.8 Å². The van der Waals surface area contributed by atoms with Crippen molar-refractivity contribution in [2.45, 2.75) is 38.6 Å². The van der Waals surface area contributed by atoms with Gasteiger partial charge in [-0.25, -0.2) is 0 Å². The van der Waals surface area contributed by atoms with Gasteiger partial charge in [-0.2, -0.15) is 11.8 Å². The molecule has 2 atom stereocenters. The molecule has 16 heavy (non-hydrogen) atoms. The van der Waals surface area contributed by atoms with E-state index < -0.39 is 0 Å². The highest BCUT2D eigenvalue weighted by Gasteiger charge is 2.39. The third-order valence-corrected chi connectivity index (χ3v) is 5.79. The molecule has 2 saturated heterocycles. The third-order valence-electron chi connectivity index (χ3n) is 4.81. The lowest BCUT2D eigenvalue weighted by Gasteiger charge is -2.50. The lowest BCUT2D eigenvalue weighted by Crippen LogP contribution is -2.59. The second kappa shape index (κ2) is 5.28. The van der Waals surface area contributed by atoms with Gasteiger partial charge < -0.3 is 5.73 Å². The number of piperidine rings is 1. The quantitative estimate of drug-likeness (QED) is 0.805. The molecular weight excluding hydrogens is 216 g/mol. The van der Waals surface area contributed by atoms with Crippen molar-refractivity contribution in [2.24, 2.45) is 17.6 Å². The Morgan fingerprint density at radius 1 is 1.25 bits per heavy atom. The number of nitrogens with zero attached hydrogens (tertiary/aromatic N) is 1. The Morgan fingerprint density at radius 3 is 2.50 bits per heavy atom. The highest BCUT2D eigenvalue weighted by molar-refractivity contribution is 7.99. The van der Waals surface area contributed by atoms with E-state index in [1.807, 2.05) is 0 Å². The zero-order valence-corrected chi connectivity index (χ0v) is 11.6. The molecule has 2 nitrogen and oxygen atoms in total. The van der Waals surface area contributed by atoms with Crippen LogP contribution in [-0.4, -0.2) is 41.6 Å². The summed E-state index contributed by atoms with van der Waals surface area (Å²) in [6.45, 7) is 8.19. The van der Waals surface area contributed by atoms with Crippen LogP contribution in [0.4, 0.5) is 0 Å². The van der Waals surface area contributed by atoms with Crippen molar-refractivity contribution in [3.8, 4) is 0 Å². The van der Waals surface area contributed by atoms with Gasteiger partial charge in [-0.15, -0.1) is 0 Å². The van der Waals surface area contributed by atoms with E-state index in [-0.39, 0.29) is 0 Å². The number of hydrogen-bond acceptors (Lipinski definition) is 3. The van der Waals surface area contributed by atoms with Gasteiger partial charge in [0.15, 0.2) is 0 Å². The molecule has 2 N–H and O–H groups in total. The average molecular weight is 242 g/mol. The Labute approximate surface area is 104 Å². The van der Waals surface area contributed by atoms with Crippen LogP contribution in [0.15, 0.2) is 0 Å². The van der Waals surface area contributed by atoms with E-state index in [4.69, 9.17) is 5.73 Å². The van der Waals surface area contributed by atoms with Gasteiger partial charge in [0.05, 0.1) is 0 Å². The van der Waals surface area contributed by atoms with Gasteiger partial charge in [0, 0.05) is 18.6 Å². The summed E-state index contributed by atoms with van der Waals surface area (Å²) in [6.07, 6.45) is 3.96. The van der Waals surface area contributed by atoms with Gasteiger partial charge >= 0.3 is 0 Å². The first-order valence-electron chi connectivity index (χ1n) is 6.71. The van der Waals surface area contributed by atoms with E-state index in [0.29, 0.717) is 5.54 Å². The van der Waals surface area contributed by atoms with Crippen LogP contribution in [0.1, 0.15) is 33.1 Å². The molecule has 2 aliphatic rings. The monoisotopic (exact) mass is 242 g/mol. The summed E-state index contributed by atoms with van der Waals surface area (Å²) in [7, 11) is 0. The molecular formula is C13H26N2S. The van der Waals surface area contributed by atoms with Crippen molar-refractivity contribution < 1.29 is 0 Å². The van der Waals surface area contributed by atoms with Crippen molar-refractivity contribution >= 4 is 11.8 Å². The second-order valence-corrected chi connectivity index (χ2v) is 6.95. The molecule has 0 radical (unpaired) electrons. The lowest BCUT2D eigenvalue weighted by atomic mass is 9.82. The van der Waals surface area contributed by atoms with Crippen molar-refractivity contribution in [3.05, 3.63) is 0 Å². The summed E-state index contributed by atoms with van der Waals surface area (Å²) in [5.74, 6) is 4.34. The zero-order chi connectivity index (χ0) is 11.6. The van der Waals surface area contributed by atoms with E-state index in [0.717, 1.165) is 18.4 Å². The maximum absolute atomic E-state index is 6.10. The Balaban J connectivity index is 2.03. The molecule has 3 heteroatoms. The second-order valence-electron chi connectivity index (χ2n) is 5.73. The van der Waals surface area contributed by atoms with E-state index in [9.17, 15) is 0 Å². The highest BCUT2D eigenvalue weighted by Crippen LogP contribution is 2.35. The molecule has 0 bridgehead atoms. The van der Waals surface area contributed by atoms with Crippen molar-refractivity contribution in [1.29, 1.82) is 0 Å². The van der Waals surface area contributed by atoms with Crippen molar-refractivity contribution in [2.75, 3.05) is 31.1 Å². The fraction of sp³-hybridized carbons (Fsp3) is 1.00. The number of nitrogens with two attached hydrogens (primary N) is 1. The topological polar surface area (TPSA) is 29.3 Å². The molecule has 0 aliphatic carbocycles. The molecule has 0 spiro atoms. The van der Waals surface area contributed by atoms with Gasteiger partial charge in [0.2, 0.25) is 0 Å². The largest absolute Gasteiger partial charge is 0.329 e. The SMILES string of the molecule is CC1CCN(C2(CN)CCSCC2)CC1C. The molecule has 0 amide bonds. The molecule has 2 fully saturated rings. The molecule has 2 rings (SSSR count). The summed E-state index contributed by atoms with van der Waals surface area (Å²) in [6, 6.07) is 0. The Morgan fingerprint density at radius 2 is 1.94 bits per heavy atom. The third kappa shape index (κ3) is 2.41. The maximum atomic E-state index is 6.10. The highest BCUT2D eigenvalue weighted by atomic mass is 32.2. The number of rotatable bonds is 2. The first-order chi connectivity index (χ1) is 7.68. The first-order valence-corrected chi connectivity index (χ1v) is 7.86. The van der Waals surface area contributed by atoms with E-state index >= 15 is 0 Å². The summed E-state index contributed by atoms with van der Waals surface area (Å²) >= 11 is 2.10. The van der Waals surface area contributed by atoms with Gasteiger partial charge in [-0.1, -0.05) is 13.8 Å². The first kappa shape index (κ1) is 12.7. The summed E-state index contributed by atoms with van der Waals surface area (Å²) in [5, 5.41) is 0. The van der Waals surface area contributed by atoms with E-state index in [2.05, 4.69) is 30.5 Å². The van der Waals surface area contributed by atoms with Crippen LogP contribution in [0.5, 0.6) is 0 Å². The average Bonchev–Trinajstić information content (AvgIpc) is 2.33. The molecule has 0 aromatic carbocycles. The Kier molecular flexibility index (Phi) is 4.20. The molecule has 0 aromatic heterocycles. The fourth-order valence-corrected chi connectivity index (χ4v) is 4.35.